The van der Waals surface area contributed by atoms with Crippen molar-refractivity contribution in [1.29, 1.82) is 0 Å². The quantitative estimate of drug-likeness (QED) is 0.294. The van der Waals surface area contributed by atoms with Gasteiger partial charge in [-0.05, 0) is 53.5 Å². The monoisotopic (exact) mass is 421 g/mol. The molecule has 0 spiro atoms. The Morgan fingerprint density at radius 3 is 2.65 bits per heavy atom. The van der Waals surface area contributed by atoms with E-state index in [1.807, 2.05) is 30.1 Å². The van der Waals surface area contributed by atoms with Gasteiger partial charge < -0.3 is 9.67 Å². The topological polar surface area (TPSA) is 98.5 Å². The minimum absolute atomic E-state index is 0.0318. The lowest BCUT2D eigenvalue weighted by Gasteiger charge is -2.10. The summed E-state index contributed by atoms with van der Waals surface area (Å²) in [6.45, 7) is 3.72. The van der Waals surface area contributed by atoms with Crippen LogP contribution < -0.4 is 5.48 Å². The first-order valence-electron chi connectivity index (χ1n) is 7.68. The molecule has 0 radical (unpaired) electrons. The zero-order valence-corrected chi connectivity index (χ0v) is 15.9. The molecule has 0 bridgehead atoms. The number of hydroxylamine groups is 1. The number of rotatable bonds is 3. The molecule has 136 valence electrons. The first kappa shape index (κ1) is 18.2. The third kappa shape index (κ3) is 3.11. The summed E-state index contributed by atoms with van der Waals surface area (Å²) in [5, 5.41) is 26.2. The van der Waals surface area contributed by atoms with E-state index in [9.17, 15) is 14.7 Å². The second-order valence-corrected chi connectivity index (χ2v) is 6.65. The molecule has 3 rings (SSSR count). The first-order valence-corrected chi connectivity index (χ1v) is 8.47. The molecule has 2 heterocycles. The Morgan fingerprint density at radius 2 is 2.08 bits per heavy atom. The number of aryl methyl sites for hydroxylation is 2. The standard InChI is InChI=1S/C17H17BrFN5O2/c1-8-6-13(18)24(3)16(8)15-14(9(2)21-22-15)17(23-26)20-12-5-4-10(25)7-11(12)19/h4-7,25-26H,1-3H3,(H,20,23)(H,21,22). The van der Waals surface area contributed by atoms with E-state index in [2.05, 4.69) is 31.1 Å². The van der Waals surface area contributed by atoms with Gasteiger partial charge in [0.2, 0.25) is 0 Å². The van der Waals surface area contributed by atoms with Gasteiger partial charge in [-0.1, -0.05) is 0 Å². The molecule has 0 aliphatic carbocycles. The van der Waals surface area contributed by atoms with Crippen LogP contribution in [0.1, 0.15) is 16.8 Å². The van der Waals surface area contributed by atoms with Gasteiger partial charge in [-0.25, -0.2) is 9.38 Å². The summed E-state index contributed by atoms with van der Waals surface area (Å²) in [5.74, 6) is -0.879. The Labute approximate surface area is 157 Å². The van der Waals surface area contributed by atoms with Gasteiger partial charge in [-0.2, -0.15) is 5.10 Å². The fourth-order valence-corrected chi connectivity index (χ4v) is 3.32. The van der Waals surface area contributed by atoms with Gasteiger partial charge in [0.15, 0.2) is 11.7 Å². The summed E-state index contributed by atoms with van der Waals surface area (Å²) < 4.78 is 16.8. The van der Waals surface area contributed by atoms with E-state index in [0.29, 0.717) is 17.0 Å². The number of benzene rings is 1. The van der Waals surface area contributed by atoms with Gasteiger partial charge in [-0.15, -0.1) is 0 Å². The van der Waals surface area contributed by atoms with Crippen molar-refractivity contribution in [2.24, 2.45) is 12.0 Å². The van der Waals surface area contributed by atoms with Crippen molar-refractivity contribution >= 4 is 27.5 Å². The summed E-state index contributed by atoms with van der Waals surface area (Å²) in [6.07, 6.45) is 0. The van der Waals surface area contributed by atoms with Crippen molar-refractivity contribution in [2.75, 3.05) is 0 Å². The number of aromatic hydroxyl groups is 1. The van der Waals surface area contributed by atoms with Crippen molar-refractivity contribution in [3.05, 3.63) is 51.5 Å². The molecule has 4 N–H and O–H groups in total. The Bertz CT molecular complexity index is 1010. The third-order valence-electron chi connectivity index (χ3n) is 4.04. The van der Waals surface area contributed by atoms with Crippen LogP contribution in [0.4, 0.5) is 10.1 Å². The number of aromatic amines is 1. The molecule has 0 unspecified atom stereocenters. The second-order valence-electron chi connectivity index (χ2n) is 5.84. The maximum absolute atomic E-state index is 14.0. The van der Waals surface area contributed by atoms with E-state index in [0.717, 1.165) is 21.9 Å². The molecular formula is C17H17BrFN5O2. The van der Waals surface area contributed by atoms with Crippen molar-refractivity contribution in [2.45, 2.75) is 13.8 Å². The summed E-state index contributed by atoms with van der Waals surface area (Å²) in [7, 11) is 1.88. The maximum atomic E-state index is 14.0. The smallest absolute Gasteiger partial charge is 0.161 e. The van der Waals surface area contributed by atoms with E-state index in [1.54, 1.807) is 6.92 Å². The highest BCUT2D eigenvalue weighted by Gasteiger charge is 2.22. The molecule has 2 aromatic heterocycles. The van der Waals surface area contributed by atoms with Crippen LogP contribution in [0.15, 0.2) is 33.9 Å². The number of hydrogen-bond donors (Lipinski definition) is 4. The van der Waals surface area contributed by atoms with Gasteiger partial charge in [0.25, 0.3) is 0 Å². The largest absolute Gasteiger partial charge is 0.508 e. The molecular weight excluding hydrogens is 405 g/mol. The number of phenols is 1. The zero-order valence-electron chi connectivity index (χ0n) is 14.3. The molecule has 26 heavy (non-hydrogen) atoms. The van der Waals surface area contributed by atoms with Crippen molar-refractivity contribution in [3.63, 3.8) is 0 Å². The number of aliphatic imine (C=N–C) groups is 1. The lowest BCUT2D eigenvalue weighted by molar-refractivity contribution is 0.235. The van der Waals surface area contributed by atoms with Gasteiger partial charge >= 0.3 is 0 Å². The highest BCUT2D eigenvalue weighted by atomic mass is 79.9. The molecule has 0 saturated heterocycles. The van der Waals surface area contributed by atoms with Crippen LogP contribution in [0.2, 0.25) is 0 Å². The number of phenolic OH excluding ortho intramolecular Hbond substituents is 1. The lowest BCUT2D eigenvalue weighted by atomic mass is 10.1. The minimum atomic E-state index is -0.710. The van der Waals surface area contributed by atoms with Crippen LogP contribution in [0.25, 0.3) is 11.4 Å². The van der Waals surface area contributed by atoms with Crippen molar-refractivity contribution in [1.82, 2.24) is 20.2 Å². The second kappa shape index (κ2) is 6.93. The van der Waals surface area contributed by atoms with E-state index >= 15 is 0 Å². The predicted octanol–water partition coefficient (Wildman–Crippen LogP) is 3.70. The third-order valence-corrected chi connectivity index (χ3v) is 4.80. The van der Waals surface area contributed by atoms with E-state index in [1.165, 1.54) is 12.1 Å². The van der Waals surface area contributed by atoms with Crippen LogP contribution >= 0.6 is 15.9 Å². The number of nitrogens with one attached hydrogen (secondary N) is 2. The molecule has 7 nitrogen and oxygen atoms in total. The minimum Gasteiger partial charge on any atom is -0.508 e. The number of hydrogen-bond acceptors (Lipinski definition) is 4. The highest BCUT2D eigenvalue weighted by Crippen LogP contribution is 2.32. The first-order chi connectivity index (χ1) is 12.3. The van der Waals surface area contributed by atoms with Crippen LogP contribution in [-0.4, -0.2) is 30.9 Å². The van der Waals surface area contributed by atoms with Gasteiger partial charge in [-0.3, -0.25) is 15.8 Å². The zero-order chi connectivity index (χ0) is 19.0. The molecule has 3 aromatic rings. The summed E-state index contributed by atoms with van der Waals surface area (Å²) in [4.78, 5) is 4.16. The van der Waals surface area contributed by atoms with Gasteiger partial charge in [0.1, 0.15) is 17.1 Å². The maximum Gasteiger partial charge on any atom is 0.161 e. The molecule has 9 heteroatoms. The molecule has 0 saturated carbocycles. The Kier molecular flexibility index (Phi) is 4.84. The molecule has 0 amide bonds. The fourth-order valence-electron chi connectivity index (χ4n) is 2.79. The number of aromatic nitrogens is 3. The number of halogens is 2. The van der Waals surface area contributed by atoms with Gasteiger partial charge in [0, 0.05) is 18.8 Å². The van der Waals surface area contributed by atoms with E-state index in [-0.39, 0.29) is 17.3 Å². The molecule has 0 aliphatic heterocycles. The number of nitrogens with zero attached hydrogens (tertiary/aromatic N) is 3. The van der Waals surface area contributed by atoms with E-state index in [4.69, 9.17) is 0 Å². The summed E-state index contributed by atoms with van der Waals surface area (Å²) in [5.41, 5.74) is 5.52. The van der Waals surface area contributed by atoms with Crippen LogP contribution in [0, 0.1) is 19.7 Å². The van der Waals surface area contributed by atoms with Crippen molar-refractivity contribution < 1.29 is 14.7 Å². The Morgan fingerprint density at radius 1 is 1.35 bits per heavy atom. The van der Waals surface area contributed by atoms with Gasteiger partial charge in [0.05, 0.1) is 15.9 Å². The normalized spacial score (nSPS) is 11.8. The molecule has 0 fully saturated rings. The predicted molar refractivity (Wildman–Crippen MR) is 99.4 cm³/mol. The molecule has 0 aliphatic rings. The SMILES string of the molecule is Cc1cc(Br)n(C)c1-c1n[nH]c(C)c1C(=Nc1ccc(O)cc1F)NO. The Balaban J connectivity index is 2.19. The average Bonchev–Trinajstić information content (AvgIpc) is 3.07. The van der Waals surface area contributed by atoms with Crippen LogP contribution in [0.5, 0.6) is 5.75 Å². The van der Waals surface area contributed by atoms with Crippen molar-refractivity contribution in [3.8, 4) is 17.1 Å². The highest BCUT2D eigenvalue weighted by molar-refractivity contribution is 9.10. The number of H-pyrrole nitrogens is 1. The van der Waals surface area contributed by atoms with E-state index < -0.39 is 5.82 Å². The number of amidine groups is 1. The lowest BCUT2D eigenvalue weighted by Crippen LogP contribution is -2.21. The molecule has 1 aromatic carbocycles. The van der Waals surface area contributed by atoms with Crippen LogP contribution in [0.3, 0.4) is 0 Å². The van der Waals surface area contributed by atoms with Crippen LogP contribution in [-0.2, 0) is 7.05 Å². The fraction of sp³-hybridized carbons (Fsp3) is 0.176. The average molecular weight is 422 g/mol. The summed E-state index contributed by atoms with van der Waals surface area (Å²) in [6, 6.07) is 5.54. The summed E-state index contributed by atoms with van der Waals surface area (Å²) >= 11 is 3.48. The molecule has 0 atom stereocenters. The Hall–Kier alpha value is -2.65.